The maximum absolute atomic E-state index is 11.5. The number of thiazole rings is 1. The van der Waals surface area contributed by atoms with Crippen molar-refractivity contribution in [2.24, 2.45) is 5.73 Å². The molecule has 1 unspecified atom stereocenters. The van der Waals surface area contributed by atoms with Crippen molar-refractivity contribution in [1.82, 2.24) is 10.3 Å². The summed E-state index contributed by atoms with van der Waals surface area (Å²) in [6, 6.07) is 9.35. The molecule has 0 aliphatic heterocycles. The molecule has 0 spiro atoms. The molecule has 1 aromatic heterocycles. The van der Waals surface area contributed by atoms with Crippen LogP contribution in [0.2, 0.25) is 0 Å². The standard InChI is InChI=1S/C14H17N3OS.ClH/c1-9(15)13(18)16-10(2)14-17-12(8-19-14)11-6-4-3-5-7-11;/h3-10H,15H2,1-2H3,(H,16,18);1H/t9-,10?;/m1./s1. The molecule has 108 valence electrons. The van der Waals surface area contributed by atoms with Gasteiger partial charge in [-0.1, -0.05) is 30.3 Å². The van der Waals surface area contributed by atoms with Gasteiger partial charge in [-0.3, -0.25) is 4.79 Å². The third-order valence-electron chi connectivity index (χ3n) is 2.73. The van der Waals surface area contributed by atoms with Crippen molar-refractivity contribution in [3.8, 4) is 11.3 Å². The molecule has 0 aliphatic carbocycles. The van der Waals surface area contributed by atoms with Crippen LogP contribution in [0.1, 0.15) is 24.9 Å². The number of carbonyl (C=O) groups is 1. The molecule has 0 saturated heterocycles. The second kappa shape index (κ2) is 7.38. The topological polar surface area (TPSA) is 68.0 Å². The van der Waals surface area contributed by atoms with Crippen LogP contribution in [0.3, 0.4) is 0 Å². The number of amides is 1. The first-order valence-corrected chi connectivity index (χ1v) is 7.02. The SMILES string of the molecule is CC(NC(=O)[C@@H](C)N)c1nc(-c2ccccc2)cs1.Cl. The van der Waals surface area contributed by atoms with Crippen LogP contribution in [0.4, 0.5) is 0 Å². The Bertz CT molecular complexity index is 557. The number of nitrogens with zero attached hydrogens (tertiary/aromatic N) is 1. The quantitative estimate of drug-likeness (QED) is 0.912. The molecule has 0 aliphatic rings. The van der Waals surface area contributed by atoms with E-state index in [0.29, 0.717) is 0 Å². The van der Waals surface area contributed by atoms with Gasteiger partial charge >= 0.3 is 0 Å². The maximum Gasteiger partial charge on any atom is 0.237 e. The lowest BCUT2D eigenvalue weighted by Gasteiger charge is -2.12. The normalized spacial score (nSPS) is 13.2. The van der Waals surface area contributed by atoms with Crippen LogP contribution in [-0.2, 0) is 4.79 Å². The number of hydrogen-bond donors (Lipinski definition) is 2. The molecular formula is C14H18ClN3OS. The average Bonchev–Trinajstić information content (AvgIpc) is 2.89. The molecule has 4 nitrogen and oxygen atoms in total. The number of aromatic nitrogens is 1. The number of benzene rings is 1. The summed E-state index contributed by atoms with van der Waals surface area (Å²) in [6.07, 6.45) is 0. The first-order chi connectivity index (χ1) is 9.08. The third kappa shape index (κ3) is 4.03. The molecule has 0 saturated carbocycles. The van der Waals surface area contributed by atoms with Gasteiger partial charge < -0.3 is 11.1 Å². The van der Waals surface area contributed by atoms with E-state index in [2.05, 4.69) is 10.3 Å². The summed E-state index contributed by atoms with van der Waals surface area (Å²) >= 11 is 1.54. The molecule has 0 radical (unpaired) electrons. The zero-order chi connectivity index (χ0) is 13.8. The van der Waals surface area contributed by atoms with Gasteiger partial charge in [0.15, 0.2) is 0 Å². The number of nitrogens with two attached hydrogens (primary N) is 1. The summed E-state index contributed by atoms with van der Waals surface area (Å²) in [5, 5.41) is 5.73. The molecular weight excluding hydrogens is 294 g/mol. The van der Waals surface area contributed by atoms with Crippen LogP contribution in [0.15, 0.2) is 35.7 Å². The number of carbonyl (C=O) groups excluding carboxylic acids is 1. The first kappa shape index (κ1) is 16.6. The van der Waals surface area contributed by atoms with E-state index in [1.165, 1.54) is 11.3 Å². The monoisotopic (exact) mass is 311 g/mol. The second-order valence-electron chi connectivity index (χ2n) is 4.46. The zero-order valence-corrected chi connectivity index (χ0v) is 13.0. The Morgan fingerprint density at radius 3 is 2.55 bits per heavy atom. The lowest BCUT2D eigenvalue weighted by atomic mass is 10.2. The van der Waals surface area contributed by atoms with Crippen molar-refractivity contribution in [2.45, 2.75) is 25.9 Å². The summed E-state index contributed by atoms with van der Waals surface area (Å²) in [6.45, 7) is 3.58. The molecule has 1 aromatic carbocycles. The van der Waals surface area contributed by atoms with Gasteiger partial charge in [-0.2, -0.15) is 0 Å². The Morgan fingerprint density at radius 2 is 1.95 bits per heavy atom. The van der Waals surface area contributed by atoms with Crippen LogP contribution < -0.4 is 11.1 Å². The first-order valence-electron chi connectivity index (χ1n) is 6.14. The fourth-order valence-corrected chi connectivity index (χ4v) is 2.47. The Morgan fingerprint density at radius 1 is 1.30 bits per heavy atom. The van der Waals surface area contributed by atoms with Crippen LogP contribution in [0.25, 0.3) is 11.3 Å². The van der Waals surface area contributed by atoms with Gasteiger partial charge in [-0.05, 0) is 13.8 Å². The van der Waals surface area contributed by atoms with Crippen LogP contribution in [-0.4, -0.2) is 16.9 Å². The van der Waals surface area contributed by atoms with Crippen LogP contribution >= 0.6 is 23.7 Å². The van der Waals surface area contributed by atoms with E-state index in [1.807, 2.05) is 42.6 Å². The highest BCUT2D eigenvalue weighted by Gasteiger charge is 2.15. The predicted molar refractivity (Wildman–Crippen MR) is 85.0 cm³/mol. The molecule has 20 heavy (non-hydrogen) atoms. The van der Waals surface area contributed by atoms with E-state index in [4.69, 9.17) is 5.73 Å². The number of halogens is 1. The third-order valence-corrected chi connectivity index (χ3v) is 3.76. The van der Waals surface area contributed by atoms with Crippen LogP contribution in [0, 0.1) is 0 Å². The Balaban J connectivity index is 0.00000200. The van der Waals surface area contributed by atoms with Gasteiger partial charge in [-0.25, -0.2) is 4.98 Å². The fourth-order valence-electron chi connectivity index (χ4n) is 1.63. The molecule has 3 N–H and O–H groups in total. The average molecular weight is 312 g/mol. The summed E-state index contributed by atoms with van der Waals surface area (Å²) < 4.78 is 0. The van der Waals surface area contributed by atoms with E-state index in [1.54, 1.807) is 6.92 Å². The van der Waals surface area contributed by atoms with E-state index in [9.17, 15) is 4.79 Å². The number of hydrogen-bond acceptors (Lipinski definition) is 4. The highest BCUT2D eigenvalue weighted by molar-refractivity contribution is 7.10. The van der Waals surface area contributed by atoms with Crippen LogP contribution in [0.5, 0.6) is 0 Å². The predicted octanol–water partition coefficient (Wildman–Crippen LogP) is 2.76. The van der Waals surface area contributed by atoms with E-state index < -0.39 is 6.04 Å². The molecule has 2 rings (SSSR count). The summed E-state index contributed by atoms with van der Waals surface area (Å²) in [5.74, 6) is -0.163. The molecule has 2 atom stereocenters. The van der Waals surface area contributed by atoms with Gasteiger partial charge in [0.25, 0.3) is 0 Å². The van der Waals surface area contributed by atoms with E-state index in [-0.39, 0.29) is 24.4 Å². The van der Waals surface area contributed by atoms with Crippen molar-refractivity contribution in [3.63, 3.8) is 0 Å². The molecule has 1 amide bonds. The molecule has 1 heterocycles. The van der Waals surface area contributed by atoms with E-state index >= 15 is 0 Å². The van der Waals surface area contributed by atoms with E-state index in [0.717, 1.165) is 16.3 Å². The van der Waals surface area contributed by atoms with Crippen molar-refractivity contribution in [3.05, 3.63) is 40.7 Å². The minimum Gasteiger partial charge on any atom is -0.346 e. The Kier molecular flexibility index (Phi) is 6.13. The van der Waals surface area contributed by atoms with Crippen molar-refractivity contribution in [2.75, 3.05) is 0 Å². The Hall–Kier alpha value is -1.43. The molecule has 0 bridgehead atoms. The maximum atomic E-state index is 11.5. The van der Waals surface area contributed by atoms with Gasteiger partial charge in [0, 0.05) is 10.9 Å². The van der Waals surface area contributed by atoms with Gasteiger partial charge in [-0.15, -0.1) is 23.7 Å². The molecule has 6 heteroatoms. The van der Waals surface area contributed by atoms with Gasteiger partial charge in [0.1, 0.15) is 5.01 Å². The second-order valence-corrected chi connectivity index (χ2v) is 5.35. The number of nitrogens with one attached hydrogen (secondary N) is 1. The van der Waals surface area contributed by atoms with Crippen molar-refractivity contribution >= 4 is 29.7 Å². The molecule has 0 fully saturated rings. The highest BCUT2D eigenvalue weighted by atomic mass is 35.5. The largest absolute Gasteiger partial charge is 0.346 e. The minimum atomic E-state index is -0.504. The highest BCUT2D eigenvalue weighted by Crippen LogP contribution is 2.25. The minimum absolute atomic E-state index is 0. The smallest absolute Gasteiger partial charge is 0.237 e. The number of rotatable bonds is 4. The lowest BCUT2D eigenvalue weighted by molar-refractivity contribution is -0.122. The summed E-state index contributed by atoms with van der Waals surface area (Å²) in [5.41, 5.74) is 7.54. The zero-order valence-electron chi connectivity index (χ0n) is 11.4. The molecule has 2 aromatic rings. The Labute approximate surface area is 128 Å². The lowest BCUT2D eigenvalue weighted by Crippen LogP contribution is -2.39. The summed E-state index contributed by atoms with van der Waals surface area (Å²) in [4.78, 5) is 16.1. The van der Waals surface area contributed by atoms with Crippen molar-refractivity contribution < 1.29 is 4.79 Å². The summed E-state index contributed by atoms with van der Waals surface area (Å²) in [7, 11) is 0. The van der Waals surface area contributed by atoms with Gasteiger partial charge in [0.05, 0.1) is 17.8 Å². The van der Waals surface area contributed by atoms with Gasteiger partial charge in [0.2, 0.25) is 5.91 Å². The van der Waals surface area contributed by atoms with Crippen molar-refractivity contribution in [1.29, 1.82) is 0 Å². The fraction of sp³-hybridized carbons (Fsp3) is 0.286.